The van der Waals surface area contributed by atoms with Crippen LogP contribution in [0.4, 0.5) is 18.9 Å². The Balaban J connectivity index is 1.43. The third-order valence-electron chi connectivity index (χ3n) is 11.2. The average molecular weight is 683 g/mol. The molecule has 2 aromatic carbocycles. The minimum atomic E-state index is -4.76. The lowest BCUT2D eigenvalue weighted by atomic mass is 9.63. The first-order chi connectivity index (χ1) is 21.7. The molecular weight excluding hydrogens is 641 g/mol. The van der Waals surface area contributed by atoms with Crippen molar-refractivity contribution in [1.82, 2.24) is 4.72 Å². The van der Waals surface area contributed by atoms with E-state index in [0.29, 0.717) is 55.4 Å². The van der Waals surface area contributed by atoms with Crippen molar-refractivity contribution in [2.75, 3.05) is 24.6 Å². The predicted molar refractivity (Wildman–Crippen MR) is 171 cm³/mol. The second-order valence-corrected chi connectivity index (χ2v) is 16.5. The molecule has 0 radical (unpaired) electrons. The van der Waals surface area contributed by atoms with E-state index in [1.165, 1.54) is 6.92 Å². The van der Waals surface area contributed by atoms with Gasteiger partial charge in [-0.05, 0) is 117 Å². The molecule has 1 spiro atoms. The number of ether oxygens (including phenoxy) is 1. The monoisotopic (exact) mass is 682 g/mol. The largest absolute Gasteiger partial charge is 0.490 e. The molecule has 252 valence electrons. The van der Waals surface area contributed by atoms with E-state index in [9.17, 15) is 31.5 Å². The number of aryl methyl sites for hydroxylation is 1. The second kappa shape index (κ2) is 12.5. The first kappa shape index (κ1) is 33.4. The van der Waals surface area contributed by atoms with Crippen molar-refractivity contribution in [1.29, 1.82) is 0 Å². The Morgan fingerprint density at radius 1 is 1.09 bits per heavy atom. The van der Waals surface area contributed by atoms with E-state index in [0.717, 1.165) is 36.8 Å². The van der Waals surface area contributed by atoms with Gasteiger partial charge in [-0.25, -0.2) is 13.1 Å². The van der Waals surface area contributed by atoms with Crippen LogP contribution in [-0.2, 0) is 21.9 Å². The summed E-state index contributed by atoms with van der Waals surface area (Å²) in [7, 11) is -4.08. The summed E-state index contributed by atoms with van der Waals surface area (Å²) in [6, 6.07) is 10.8. The van der Waals surface area contributed by atoms with E-state index < -0.39 is 50.7 Å². The maximum Gasteiger partial charge on any atom is 0.414 e. The van der Waals surface area contributed by atoms with Crippen molar-refractivity contribution in [3.8, 4) is 5.75 Å². The topological polar surface area (TPSA) is 95.9 Å². The summed E-state index contributed by atoms with van der Waals surface area (Å²) >= 11 is 6.36. The molecule has 2 bridgehead atoms. The molecular formula is C34H42ClF3N2O5S. The third-order valence-corrected chi connectivity index (χ3v) is 13.4. The van der Waals surface area contributed by atoms with Crippen LogP contribution in [-0.4, -0.2) is 56.7 Å². The summed E-state index contributed by atoms with van der Waals surface area (Å²) in [6.45, 7) is 4.52. The van der Waals surface area contributed by atoms with Crippen molar-refractivity contribution in [3.05, 3.63) is 58.1 Å². The van der Waals surface area contributed by atoms with Crippen LogP contribution in [0.15, 0.2) is 36.4 Å². The number of hydrogen-bond donors (Lipinski definition) is 2. The Morgan fingerprint density at radius 3 is 2.59 bits per heavy atom. The Hall–Kier alpha value is -2.50. The maximum absolute atomic E-state index is 14.0. The summed E-state index contributed by atoms with van der Waals surface area (Å²) in [5.41, 5.74) is 2.61. The third kappa shape index (κ3) is 6.35. The summed E-state index contributed by atoms with van der Waals surface area (Å²) in [5, 5.41) is 10.3. The number of aliphatic hydroxyl groups is 1. The Morgan fingerprint density at radius 2 is 1.87 bits per heavy atom. The molecule has 0 saturated heterocycles. The quantitative estimate of drug-likeness (QED) is 0.350. The van der Waals surface area contributed by atoms with Gasteiger partial charge in [0.05, 0.1) is 17.5 Å². The number of rotatable bonds is 1. The standard InChI is InChI=1S/C34H42ClF3N2O5S/c1-20-5-3-7-27(31(41)34(36,37)38)26-11-8-24(26)17-40-18-33(14-4-6-22-15-25(35)10-12-28(22)33)19-45-30-13-9-23(16-29(30)40)32(42)39-46(43,44)21(20)2/h9-10,12-13,15-16,20-21,24,26-27,31,41H,3-8,11,14,17-19H2,1-2H3,(H,39,42)/t20?,21?,24?,26?,27-,31-,33?/m1/s1. The summed E-state index contributed by atoms with van der Waals surface area (Å²) in [6.07, 6.45) is -2.47. The number of amides is 1. The van der Waals surface area contributed by atoms with Gasteiger partial charge in [-0.3, -0.25) is 4.79 Å². The van der Waals surface area contributed by atoms with Crippen LogP contribution in [0.3, 0.4) is 0 Å². The number of benzene rings is 2. The number of nitrogens with zero attached hydrogens (tertiary/aromatic N) is 1. The van der Waals surface area contributed by atoms with Gasteiger partial charge in [-0.15, -0.1) is 0 Å². The second-order valence-electron chi connectivity index (χ2n) is 14.0. The lowest BCUT2D eigenvalue weighted by Crippen LogP contribution is -2.51. The lowest BCUT2D eigenvalue weighted by Gasteiger charge is -2.48. The highest BCUT2D eigenvalue weighted by Gasteiger charge is 2.51. The van der Waals surface area contributed by atoms with E-state index in [2.05, 4.69) is 9.62 Å². The van der Waals surface area contributed by atoms with Gasteiger partial charge in [0.1, 0.15) is 5.75 Å². The van der Waals surface area contributed by atoms with Gasteiger partial charge in [-0.1, -0.05) is 31.0 Å². The Bertz CT molecular complexity index is 1590. The molecule has 6 rings (SSSR count). The fourth-order valence-corrected chi connectivity index (χ4v) is 9.77. The molecule has 0 aromatic heterocycles. The summed E-state index contributed by atoms with van der Waals surface area (Å²) < 4.78 is 77.3. The molecule has 2 heterocycles. The number of anilines is 1. The number of carbonyl (C=O) groups excluding carboxylic acids is 1. The molecule has 7 atom stereocenters. The zero-order valence-electron chi connectivity index (χ0n) is 26.2. The normalized spacial score (nSPS) is 32.2. The number of carbonyl (C=O) groups is 1. The van der Waals surface area contributed by atoms with Crippen LogP contribution in [0.1, 0.15) is 80.3 Å². The van der Waals surface area contributed by atoms with Crippen LogP contribution >= 0.6 is 11.6 Å². The zero-order chi connectivity index (χ0) is 33.0. The highest BCUT2D eigenvalue weighted by molar-refractivity contribution is 7.90. The number of alkyl halides is 3. The predicted octanol–water partition coefficient (Wildman–Crippen LogP) is 6.65. The number of nitrogens with one attached hydrogen (secondary N) is 1. The van der Waals surface area contributed by atoms with Crippen LogP contribution in [0.2, 0.25) is 5.02 Å². The highest BCUT2D eigenvalue weighted by atomic mass is 35.5. The Labute approximate surface area is 273 Å². The number of fused-ring (bicyclic) bond motifs is 4. The van der Waals surface area contributed by atoms with Gasteiger partial charge in [0.15, 0.2) is 6.10 Å². The first-order valence-corrected chi connectivity index (χ1v) is 18.2. The van der Waals surface area contributed by atoms with E-state index >= 15 is 0 Å². The number of aliphatic hydroxyl groups excluding tert-OH is 1. The molecule has 12 heteroatoms. The summed E-state index contributed by atoms with van der Waals surface area (Å²) in [4.78, 5) is 15.5. The lowest BCUT2D eigenvalue weighted by molar-refractivity contribution is -0.231. The molecule has 46 heavy (non-hydrogen) atoms. The van der Waals surface area contributed by atoms with Gasteiger partial charge in [0.25, 0.3) is 5.91 Å². The molecule has 4 aliphatic rings. The van der Waals surface area contributed by atoms with Crippen LogP contribution in [0, 0.1) is 23.7 Å². The number of hydrogen-bond acceptors (Lipinski definition) is 6. The van der Waals surface area contributed by atoms with Crippen molar-refractivity contribution in [2.45, 2.75) is 88.2 Å². The van der Waals surface area contributed by atoms with Gasteiger partial charge >= 0.3 is 6.18 Å². The first-order valence-electron chi connectivity index (χ1n) is 16.3. The molecule has 1 saturated carbocycles. The fraction of sp³-hybridized carbons (Fsp3) is 0.618. The molecule has 5 unspecified atom stereocenters. The van der Waals surface area contributed by atoms with E-state index in [1.54, 1.807) is 25.1 Å². The molecule has 2 aliphatic heterocycles. The van der Waals surface area contributed by atoms with E-state index in [4.69, 9.17) is 16.3 Å². The minimum Gasteiger partial charge on any atom is -0.490 e. The van der Waals surface area contributed by atoms with Gasteiger partial charge in [0, 0.05) is 29.1 Å². The summed E-state index contributed by atoms with van der Waals surface area (Å²) in [5.74, 6) is -2.08. The molecule has 2 N–H and O–H groups in total. The van der Waals surface area contributed by atoms with E-state index in [1.807, 2.05) is 18.2 Å². The van der Waals surface area contributed by atoms with Gasteiger partial charge in [0.2, 0.25) is 10.0 Å². The Kier molecular flexibility index (Phi) is 9.08. The zero-order valence-corrected chi connectivity index (χ0v) is 27.7. The van der Waals surface area contributed by atoms with Crippen molar-refractivity contribution in [3.63, 3.8) is 0 Å². The number of sulfonamides is 1. The van der Waals surface area contributed by atoms with Crippen LogP contribution in [0.5, 0.6) is 5.75 Å². The van der Waals surface area contributed by atoms with Crippen molar-refractivity contribution >= 4 is 33.2 Å². The van der Waals surface area contributed by atoms with Gasteiger partial charge in [-0.2, -0.15) is 13.2 Å². The maximum atomic E-state index is 14.0. The van der Waals surface area contributed by atoms with Crippen LogP contribution in [0.25, 0.3) is 0 Å². The highest BCUT2D eigenvalue weighted by Crippen LogP contribution is 2.49. The van der Waals surface area contributed by atoms with E-state index in [-0.39, 0.29) is 23.8 Å². The minimum absolute atomic E-state index is 0.111. The molecule has 1 fully saturated rings. The van der Waals surface area contributed by atoms with Crippen LogP contribution < -0.4 is 14.4 Å². The fourth-order valence-electron chi connectivity index (χ4n) is 8.27. The van der Waals surface area contributed by atoms with Crippen molar-refractivity contribution < 1.29 is 36.2 Å². The SMILES string of the molecule is CC1CCC[C@@H]([C@@H](O)C(F)(F)F)C2CCC2CN2CC3(CCCc4cc(Cl)ccc43)COc3ccc(cc32)C(=O)NS(=O)(=O)C1C. The molecule has 2 aliphatic carbocycles. The number of halogens is 4. The molecule has 7 nitrogen and oxygen atoms in total. The van der Waals surface area contributed by atoms with Gasteiger partial charge < -0.3 is 14.7 Å². The molecule has 2 aromatic rings. The molecule has 1 amide bonds. The van der Waals surface area contributed by atoms with Crippen molar-refractivity contribution in [2.24, 2.45) is 23.7 Å². The smallest absolute Gasteiger partial charge is 0.414 e. The average Bonchev–Trinajstić information content (AvgIpc) is 3.13.